The van der Waals surface area contributed by atoms with E-state index in [4.69, 9.17) is 9.47 Å². The molecule has 7 nitrogen and oxygen atoms in total. The maximum absolute atomic E-state index is 12.2. The lowest BCUT2D eigenvalue weighted by Gasteiger charge is -2.14. The van der Waals surface area contributed by atoms with Gasteiger partial charge in [-0.2, -0.15) is 0 Å². The summed E-state index contributed by atoms with van der Waals surface area (Å²) in [5.74, 6) is -0.508. The smallest absolute Gasteiger partial charge is 0.311 e. The first-order valence-corrected chi connectivity index (χ1v) is 8.38. The van der Waals surface area contributed by atoms with Gasteiger partial charge in [0.1, 0.15) is 5.75 Å². The number of amides is 2. The molecule has 0 saturated heterocycles. The van der Waals surface area contributed by atoms with Crippen molar-refractivity contribution in [1.29, 1.82) is 0 Å². The van der Waals surface area contributed by atoms with Crippen LogP contribution in [0.1, 0.15) is 19.4 Å². The van der Waals surface area contributed by atoms with Gasteiger partial charge in [-0.3, -0.25) is 14.4 Å². The third-order valence-corrected chi connectivity index (χ3v) is 3.64. The number of methoxy groups -OCH3 is 1. The van der Waals surface area contributed by atoms with E-state index in [0.29, 0.717) is 17.1 Å². The number of carbonyl (C=O) groups excluding carboxylic acids is 3. The van der Waals surface area contributed by atoms with Gasteiger partial charge in [-0.25, -0.2) is 0 Å². The summed E-state index contributed by atoms with van der Waals surface area (Å²) in [6.45, 7) is 2.93. The number of ether oxygens (including phenoxy) is 2. The summed E-state index contributed by atoms with van der Waals surface area (Å²) >= 11 is 0. The van der Waals surface area contributed by atoms with Crippen molar-refractivity contribution in [3.8, 4) is 5.75 Å². The molecule has 0 aromatic heterocycles. The molecule has 0 unspecified atom stereocenters. The van der Waals surface area contributed by atoms with Gasteiger partial charge in [0, 0.05) is 24.4 Å². The van der Waals surface area contributed by atoms with Crippen LogP contribution in [0.3, 0.4) is 0 Å². The largest absolute Gasteiger partial charge is 0.497 e. The second-order valence-electron chi connectivity index (χ2n) is 5.91. The van der Waals surface area contributed by atoms with Crippen LogP contribution in [0.15, 0.2) is 48.5 Å². The van der Waals surface area contributed by atoms with E-state index < -0.39 is 18.0 Å². The summed E-state index contributed by atoms with van der Waals surface area (Å²) in [5, 5.41) is 5.32. The highest BCUT2D eigenvalue weighted by Crippen LogP contribution is 2.17. The fourth-order valence-electron chi connectivity index (χ4n) is 2.31. The molecule has 2 aromatic carbocycles. The molecule has 2 aromatic rings. The molecule has 142 valence electrons. The summed E-state index contributed by atoms with van der Waals surface area (Å²) in [6.07, 6.45) is -0.917. The van der Waals surface area contributed by atoms with E-state index in [0.717, 1.165) is 5.56 Å². The van der Waals surface area contributed by atoms with Gasteiger partial charge in [-0.1, -0.05) is 18.2 Å². The van der Waals surface area contributed by atoms with Crippen molar-refractivity contribution in [2.45, 2.75) is 26.4 Å². The number of carbonyl (C=O) groups is 3. The molecular weight excluding hydrogens is 348 g/mol. The summed E-state index contributed by atoms with van der Waals surface area (Å²) in [5.41, 5.74) is 1.91. The van der Waals surface area contributed by atoms with Crippen molar-refractivity contribution in [2.75, 3.05) is 17.7 Å². The van der Waals surface area contributed by atoms with Crippen LogP contribution >= 0.6 is 0 Å². The Labute approximate surface area is 157 Å². The number of hydrogen-bond donors (Lipinski definition) is 2. The van der Waals surface area contributed by atoms with Gasteiger partial charge in [-0.15, -0.1) is 0 Å². The Morgan fingerprint density at radius 2 is 1.70 bits per heavy atom. The minimum absolute atomic E-state index is 0.0249. The van der Waals surface area contributed by atoms with Gasteiger partial charge < -0.3 is 20.1 Å². The quantitative estimate of drug-likeness (QED) is 0.731. The van der Waals surface area contributed by atoms with Gasteiger partial charge >= 0.3 is 5.97 Å². The molecule has 0 heterocycles. The first-order chi connectivity index (χ1) is 12.9. The van der Waals surface area contributed by atoms with Crippen molar-refractivity contribution in [3.05, 3.63) is 54.1 Å². The van der Waals surface area contributed by atoms with Gasteiger partial charge in [0.05, 0.1) is 13.5 Å². The van der Waals surface area contributed by atoms with Gasteiger partial charge in [0.2, 0.25) is 5.91 Å². The molecular formula is C20H22N2O5. The molecule has 2 rings (SSSR count). The Balaban J connectivity index is 1.86. The number of anilines is 2. The first kappa shape index (κ1) is 20.0. The lowest BCUT2D eigenvalue weighted by atomic mass is 10.1. The zero-order valence-electron chi connectivity index (χ0n) is 15.4. The first-order valence-electron chi connectivity index (χ1n) is 8.38. The van der Waals surface area contributed by atoms with E-state index in [1.54, 1.807) is 48.5 Å². The van der Waals surface area contributed by atoms with Crippen LogP contribution in [-0.2, 0) is 25.5 Å². The molecule has 0 spiro atoms. The molecule has 7 heteroatoms. The minimum Gasteiger partial charge on any atom is -0.497 e. The molecule has 27 heavy (non-hydrogen) atoms. The van der Waals surface area contributed by atoms with Crippen LogP contribution in [0.2, 0.25) is 0 Å². The number of nitrogens with one attached hydrogen (secondary N) is 2. The molecule has 0 radical (unpaired) electrons. The molecule has 0 aliphatic carbocycles. The van der Waals surface area contributed by atoms with Crippen LogP contribution in [-0.4, -0.2) is 31.0 Å². The summed E-state index contributed by atoms with van der Waals surface area (Å²) in [4.78, 5) is 35.2. The van der Waals surface area contributed by atoms with Gasteiger partial charge in [-0.05, 0) is 36.8 Å². The number of hydrogen-bond acceptors (Lipinski definition) is 5. The van der Waals surface area contributed by atoms with Crippen LogP contribution < -0.4 is 15.4 Å². The highest BCUT2D eigenvalue weighted by Gasteiger charge is 2.18. The zero-order valence-corrected chi connectivity index (χ0v) is 15.4. The molecule has 2 amide bonds. The second kappa shape index (κ2) is 9.38. The number of benzene rings is 2. The minimum atomic E-state index is -0.942. The van der Waals surface area contributed by atoms with Crippen molar-refractivity contribution in [3.63, 3.8) is 0 Å². The summed E-state index contributed by atoms with van der Waals surface area (Å²) in [7, 11) is 1.54. The normalized spacial score (nSPS) is 11.2. The Morgan fingerprint density at radius 1 is 1.00 bits per heavy atom. The average Bonchev–Trinajstić information content (AvgIpc) is 2.63. The molecule has 0 bridgehead atoms. The van der Waals surface area contributed by atoms with E-state index >= 15 is 0 Å². The molecule has 0 aliphatic heterocycles. The Kier molecular flexibility index (Phi) is 6.93. The van der Waals surface area contributed by atoms with E-state index in [1.165, 1.54) is 21.0 Å². The van der Waals surface area contributed by atoms with Gasteiger partial charge in [0.25, 0.3) is 5.91 Å². The fraction of sp³-hybridized carbons (Fsp3) is 0.250. The molecule has 0 fully saturated rings. The molecule has 0 aliphatic rings. The molecule has 1 atom stereocenters. The van der Waals surface area contributed by atoms with Crippen molar-refractivity contribution in [2.24, 2.45) is 0 Å². The van der Waals surface area contributed by atoms with Crippen LogP contribution in [0.4, 0.5) is 11.4 Å². The van der Waals surface area contributed by atoms with Crippen LogP contribution in [0, 0.1) is 0 Å². The van der Waals surface area contributed by atoms with Crippen LogP contribution in [0.25, 0.3) is 0 Å². The van der Waals surface area contributed by atoms with E-state index in [2.05, 4.69) is 10.6 Å². The highest BCUT2D eigenvalue weighted by molar-refractivity contribution is 5.95. The van der Waals surface area contributed by atoms with Crippen molar-refractivity contribution >= 4 is 29.2 Å². The van der Waals surface area contributed by atoms with Crippen molar-refractivity contribution < 1.29 is 23.9 Å². The lowest BCUT2D eigenvalue weighted by molar-refractivity contribution is -0.152. The lowest BCUT2D eigenvalue weighted by Crippen LogP contribution is -2.30. The monoisotopic (exact) mass is 370 g/mol. The topological polar surface area (TPSA) is 93.7 Å². The Morgan fingerprint density at radius 3 is 2.33 bits per heavy atom. The van der Waals surface area contributed by atoms with Crippen molar-refractivity contribution in [1.82, 2.24) is 0 Å². The molecule has 2 N–H and O–H groups in total. The standard InChI is InChI=1S/C20H22N2O5/c1-13(20(25)22-17-5-4-6-18(12-17)26-3)27-19(24)11-15-7-9-16(10-8-15)21-14(2)23/h4-10,12-13H,11H2,1-3H3,(H,21,23)(H,22,25)/t13-/m1/s1. The predicted molar refractivity (Wildman–Crippen MR) is 102 cm³/mol. The predicted octanol–water partition coefficient (Wildman–Crippen LogP) is 2.77. The average molecular weight is 370 g/mol. The Bertz CT molecular complexity index is 817. The second-order valence-corrected chi connectivity index (χ2v) is 5.91. The number of esters is 1. The molecule has 0 saturated carbocycles. The SMILES string of the molecule is COc1cccc(NC(=O)[C@@H](C)OC(=O)Cc2ccc(NC(C)=O)cc2)c1. The maximum Gasteiger partial charge on any atom is 0.311 e. The summed E-state index contributed by atoms with van der Waals surface area (Å²) < 4.78 is 10.3. The fourth-order valence-corrected chi connectivity index (χ4v) is 2.31. The highest BCUT2D eigenvalue weighted by atomic mass is 16.5. The van der Waals surface area contributed by atoms with E-state index in [9.17, 15) is 14.4 Å². The van der Waals surface area contributed by atoms with Crippen LogP contribution in [0.5, 0.6) is 5.75 Å². The summed E-state index contributed by atoms with van der Waals surface area (Å²) in [6, 6.07) is 13.7. The third-order valence-electron chi connectivity index (χ3n) is 3.64. The van der Waals surface area contributed by atoms with E-state index in [1.807, 2.05) is 0 Å². The maximum atomic E-state index is 12.2. The third kappa shape index (κ3) is 6.47. The Hall–Kier alpha value is -3.35. The zero-order chi connectivity index (χ0) is 19.8. The van der Waals surface area contributed by atoms with Gasteiger partial charge in [0.15, 0.2) is 6.10 Å². The van der Waals surface area contributed by atoms with E-state index in [-0.39, 0.29) is 12.3 Å². The number of rotatable bonds is 7.